The van der Waals surface area contributed by atoms with Crippen molar-refractivity contribution in [3.05, 3.63) is 61.7 Å². The smallest absolute Gasteiger partial charge is 0.255 e. The van der Waals surface area contributed by atoms with Crippen LogP contribution in [0.4, 0.5) is 0 Å². The van der Waals surface area contributed by atoms with Crippen LogP contribution < -0.4 is 5.32 Å². The predicted molar refractivity (Wildman–Crippen MR) is 96.7 cm³/mol. The number of aromatic nitrogens is 2. The largest absolute Gasteiger partial charge is 0.378 e. The molecule has 0 aliphatic carbocycles. The van der Waals surface area contributed by atoms with Gasteiger partial charge in [0.1, 0.15) is 5.60 Å². The number of hydrogen-bond donors (Lipinski definition) is 2. The maximum absolute atomic E-state index is 12.6. The minimum atomic E-state index is -1.23. The van der Waals surface area contributed by atoms with Crippen LogP contribution in [0, 0.1) is 13.8 Å². The molecule has 3 rings (SSSR count). The van der Waals surface area contributed by atoms with E-state index >= 15 is 0 Å². The molecule has 1 amide bonds. The summed E-state index contributed by atoms with van der Waals surface area (Å²) in [7, 11) is 1.81. The number of amides is 1. The predicted octanol–water partition coefficient (Wildman–Crippen LogP) is 2.83. The molecule has 7 heteroatoms. The molecule has 0 fully saturated rings. The van der Waals surface area contributed by atoms with E-state index in [2.05, 4.69) is 10.4 Å². The number of aliphatic hydroxyl groups is 1. The number of nitrogens with one attached hydrogen (secondary N) is 1. The second-order valence-electron chi connectivity index (χ2n) is 5.70. The summed E-state index contributed by atoms with van der Waals surface area (Å²) < 4.78 is 1.69. The third-order valence-electron chi connectivity index (χ3n) is 4.17. The van der Waals surface area contributed by atoms with Gasteiger partial charge in [0.2, 0.25) is 0 Å². The molecule has 126 valence electrons. The standard InChI is InChI=1S/C17H19N3O2S2/c1-11-15(12(2)20(3)19-11)16(21)18-10-17(22,13-6-8-23-9-13)14-5-4-7-24-14/h4-9,22H,10H2,1-3H3,(H,18,21)/t17-/m0/s1. The Morgan fingerprint density at radius 2 is 2.17 bits per heavy atom. The molecule has 3 heterocycles. The van der Waals surface area contributed by atoms with Crippen molar-refractivity contribution in [2.24, 2.45) is 7.05 Å². The molecule has 3 aromatic rings. The Morgan fingerprint density at radius 1 is 1.38 bits per heavy atom. The zero-order valence-corrected chi connectivity index (χ0v) is 15.4. The van der Waals surface area contributed by atoms with Gasteiger partial charge in [0, 0.05) is 23.2 Å². The molecule has 3 aromatic heterocycles. The van der Waals surface area contributed by atoms with Crippen molar-refractivity contribution < 1.29 is 9.90 Å². The minimum Gasteiger partial charge on any atom is -0.378 e. The Hall–Kier alpha value is -1.96. The molecule has 0 aromatic carbocycles. The molecule has 0 unspecified atom stereocenters. The summed E-state index contributed by atoms with van der Waals surface area (Å²) in [4.78, 5) is 13.4. The molecule has 0 aliphatic rings. The number of carbonyl (C=O) groups is 1. The molecular formula is C17H19N3O2S2. The monoisotopic (exact) mass is 361 g/mol. The first-order valence-corrected chi connectivity index (χ1v) is 9.33. The molecule has 0 spiro atoms. The number of carbonyl (C=O) groups excluding carboxylic acids is 1. The first-order valence-electron chi connectivity index (χ1n) is 7.51. The Bertz CT molecular complexity index is 801. The molecule has 5 nitrogen and oxygen atoms in total. The lowest BCUT2D eigenvalue weighted by Crippen LogP contribution is -2.41. The molecule has 0 bridgehead atoms. The summed E-state index contributed by atoms with van der Waals surface area (Å²) in [5.74, 6) is -0.219. The van der Waals surface area contributed by atoms with Gasteiger partial charge in [-0.3, -0.25) is 9.48 Å². The van der Waals surface area contributed by atoms with Gasteiger partial charge in [-0.25, -0.2) is 0 Å². The SMILES string of the molecule is Cc1nn(C)c(C)c1C(=O)NC[C@](O)(c1ccsc1)c1cccs1. The van der Waals surface area contributed by atoms with Crippen LogP contribution in [0.3, 0.4) is 0 Å². The Labute approximate surface area is 148 Å². The van der Waals surface area contributed by atoms with E-state index in [1.807, 2.05) is 55.2 Å². The third kappa shape index (κ3) is 2.90. The average molecular weight is 361 g/mol. The normalized spacial score (nSPS) is 13.7. The van der Waals surface area contributed by atoms with Crippen molar-refractivity contribution in [2.75, 3.05) is 6.54 Å². The van der Waals surface area contributed by atoms with E-state index in [9.17, 15) is 9.90 Å². The quantitative estimate of drug-likeness (QED) is 0.734. The van der Waals surface area contributed by atoms with E-state index in [1.54, 1.807) is 4.68 Å². The zero-order chi connectivity index (χ0) is 17.3. The van der Waals surface area contributed by atoms with Crippen molar-refractivity contribution >= 4 is 28.6 Å². The molecular weight excluding hydrogens is 342 g/mol. The van der Waals surface area contributed by atoms with E-state index in [4.69, 9.17) is 0 Å². The lowest BCUT2D eigenvalue weighted by atomic mass is 9.94. The van der Waals surface area contributed by atoms with Crippen molar-refractivity contribution in [1.82, 2.24) is 15.1 Å². The summed E-state index contributed by atoms with van der Waals surface area (Å²) in [6.07, 6.45) is 0. The number of rotatable bonds is 5. The second kappa shape index (κ2) is 6.51. The van der Waals surface area contributed by atoms with Crippen LogP contribution in [-0.4, -0.2) is 27.3 Å². The van der Waals surface area contributed by atoms with Crippen LogP contribution in [-0.2, 0) is 12.6 Å². The lowest BCUT2D eigenvalue weighted by molar-refractivity contribution is 0.0720. The molecule has 0 radical (unpaired) electrons. The Balaban J connectivity index is 1.86. The highest BCUT2D eigenvalue weighted by Gasteiger charge is 2.34. The maximum Gasteiger partial charge on any atom is 0.255 e. The molecule has 1 atom stereocenters. The second-order valence-corrected chi connectivity index (χ2v) is 7.43. The molecule has 0 saturated carbocycles. The average Bonchev–Trinajstić information content (AvgIpc) is 3.28. The van der Waals surface area contributed by atoms with E-state index in [1.165, 1.54) is 22.7 Å². The molecule has 0 saturated heterocycles. The van der Waals surface area contributed by atoms with Crippen molar-refractivity contribution in [3.63, 3.8) is 0 Å². The van der Waals surface area contributed by atoms with Gasteiger partial charge in [0.05, 0.1) is 17.8 Å². The number of aryl methyl sites for hydroxylation is 2. The number of nitrogens with zero attached hydrogens (tertiary/aromatic N) is 2. The topological polar surface area (TPSA) is 67.2 Å². The van der Waals surface area contributed by atoms with Gasteiger partial charge >= 0.3 is 0 Å². The van der Waals surface area contributed by atoms with Gasteiger partial charge in [0.25, 0.3) is 5.91 Å². The third-order valence-corrected chi connectivity index (χ3v) is 5.87. The first kappa shape index (κ1) is 16.9. The van der Waals surface area contributed by atoms with E-state index in [-0.39, 0.29) is 12.5 Å². The molecule has 0 aliphatic heterocycles. The van der Waals surface area contributed by atoms with Crippen molar-refractivity contribution in [1.29, 1.82) is 0 Å². The fraction of sp³-hybridized carbons (Fsp3) is 0.294. The Kier molecular flexibility index (Phi) is 4.58. The number of thiophene rings is 2. The molecule has 24 heavy (non-hydrogen) atoms. The van der Waals surface area contributed by atoms with Crippen LogP contribution in [0.25, 0.3) is 0 Å². The lowest BCUT2D eigenvalue weighted by Gasteiger charge is -2.27. The summed E-state index contributed by atoms with van der Waals surface area (Å²) in [5, 5.41) is 24.2. The van der Waals surface area contributed by atoms with Gasteiger partial charge in [-0.15, -0.1) is 11.3 Å². The van der Waals surface area contributed by atoms with E-state index < -0.39 is 5.60 Å². The fourth-order valence-corrected chi connectivity index (χ4v) is 4.31. The number of hydrogen-bond acceptors (Lipinski definition) is 5. The van der Waals surface area contributed by atoms with E-state index in [0.717, 1.165) is 16.1 Å². The van der Waals surface area contributed by atoms with Crippen LogP contribution >= 0.6 is 22.7 Å². The van der Waals surface area contributed by atoms with Gasteiger partial charge in [-0.2, -0.15) is 16.4 Å². The highest BCUT2D eigenvalue weighted by Crippen LogP contribution is 2.33. The highest BCUT2D eigenvalue weighted by molar-refractivity contribution is 7.10. The highest BCUT2D eigenvalue weighted by atomic mass is 32.1. The van der Waals surface area contributed by atoms with Gasteiger partial charge in [0.15, 0.2) is 0 Å². The van der Waals surface area contributed by atoms with Crippen molar-refractivity contribution in [3.8, 4) is 0 Å². The van der Waals surface area contributed by atoms with Crippen LogP contribution in [0.5, 0.6) is 0 Å². The van der Waals surface area contributed by atoms with Crippen LogP contribution in [0.1, 0.15) is 32.2 Å². The van der Waals surface area contributed by atoms with Gasteiger partial charge in [-0.05, 0) is 42.1 Å². The first-order chi connectivity index (χ1) is 11.4. The summed E-state index contributed by atoms with van der Waals surface area (Å²) >= 11 is 2.99. The van der Waals surface area contributed by atoms with Crippen LogP contribution in [0.2, 0.25) is 0 Å². The fourth-order valence-electron chi connectivity index (χ4n) is 2.74. The van der Waals surface area contributed by atoms with E-state index in [0.29, 0.717) is 11.3 Å². The zero-order valence-electron chi connectivity index (χ0n) is 13.7. The summed E-state index contributed by atoms with van der Waals surface area (Å²) in [6, 6.07) is 5.67. The molecule has 2 N–H and O–H groups in total. The van der Waals surface area contributed by atoms with Crippen LogP contribution in [0.15, 0.2) is 34.3 Å². The van der Waals surface area contributed by atoms with Gasteiger partial charge in [-0.1, -0.05) is 6.07 Å². The minimum absolute atomic E-state index is 0.108. The maximum atomic E-state index is 12.6. The summed E-state index contributed by atoms with van der Waals surface area (Å²) in [5.41, 5.74) is 1.61. The van der Waals surface area contributed by atoms with Crippen molar-refractivity contribution in [2.45, 2.75) is 19.4 Å². The van der Waals surface area contributed by atoms with Gasteiger partial charge < -0.3 is 10.4 Å². The Morgan fingerprint density at radius 3 is 2.71 bits per heavy atom. The summed E-state index contributed by atoms with van der Waals surface area (Å²) in [6.45, 7) is 3.78.